The van der Waals surface area contributed by atoms with E-state index < -0.39 is 8.80 Å². The molecule has 1 aliphatic heterocycles. The maximum Gasteiger partial charge on any atom is 0.501 e. The van der Waals surface area contributed by atoms with Gasteiger partial charge in [-0.05, 0) is 73.1 Å². The van der Waals surface area contributed by atoms with Gasteiger partial charge in [0.2, 0.25) is 0 Å². The van der Waals surface area contributed by atoms with Gasteiger partial charge in [-0.1, -0.05) is 6.42 Å². The second kappa shape index (κ2) is 8.43. The SMILES string of the molecule is CC(C)O[Si](CCCC1CCC2OC2C1)(OC(C)C)OC(C)C. The van der Waals surface area contributed by atoms with Crippen molar-refractivity contribution in [2.45, 2.75) is 110 Å². The molecule has 0 aromatic heterocycles. The van der Waals surface area contributed by atoms with E-state index in [2.05, 4.69) is 41.5 Å². The standard InChI is InChI=1S/C18H36O4Si/c1-13(2)20-23(21-14(3)4,22-15(5)6)11-7-8-16-9-10-17-18(12-16)19-17/h13-18H,7-12H2,1-6H3. The number of hydrogen-bond donors (Lipinski definition) is 0. The summed E-state index contributed by atoms with van der Waals surface area (Å²) < 4.78 is 24.4. The zero-order valence-electron chi connectivity index (χ0n) is 15.8. The summed E-state index contributed by atoms with van der Waals surface area (Å²) in [5.41, 5.74) is 0. The summed E-state index contributed by atoms with van der Waals surface area (Å²) in [6.07, 6.45) is 7.76. The molecule has 3 atom stereocenters. The molecule has 2 fully saturated rings. The normalized spacial score (nSPS) is 27.8. The average Bonchev–Trinajstić information content (AvgIpc) is 3.14. The van der Waals surface area contributed by atoms with Crippen LogP contribution in [0.2, 0.25) is 6.04 Å². The molecule has 136 valence electrons. The van der Waals surface area contributed by atoms with Crippen LogP contribution < -0.4 is 0 Å². The fraction of sp³-hybridized carbons (Fsp3) is 1.00. The first kappa shape index (κ1) is 19.4. The Kier molecular flexibility index (Phi) is 7.11. The Hall–Kier alpha value is 0.0569. The summed E-state index contributed by atoms with van der Waals surface area (Å²) in [5, 5.41) is 0. The van der Waals surface area contributed by atoms with Crippen LogP contribution in [0.25, 0.3) is 0 Å². The van der Waals surface area contributed by atoms with Gasteiger partial charge in [-0.2, -0.15) is 0 Å². The maximum atomic E-state index is 6.25. The molecular formula is C18H36O4Si. The van der Waals surface area contributed by atoms with E-state index in [1.54, 1.807) is 0 Å². The summed E-state index contributed by atoms with van der Waals surface area (Å²) in [7, 11) is -2.61. The third kappa shape index (κ3) is 6.46. The van der Waals surface area contributed by atoms with Gasteiger partial charge in [0.1, 0.15) is 0 Å². The van der Waals surface area contributed by atoms with E-state index in [-0.39, 0.29) is 18.3 Å². The van der Waals surface area contributed by atoms with Crippen LogP contribution in [0.1, 0.15) is 73.6 Å². The average molecular weight is 345 g/mol. The van der Waals surface area contributed by atoms with Gasteiger partial charge in [0.05, 0.1) is 12.2 Å². The molecule has 2 rings (SSSR count). The monoisotopic (exact) mass is 344 g/mol. The minimum absolute atomic E-state index is 0.134. The molecule has 1 saturated heterocycles. The number of fused-ring (bicyclic) bond motifs is 1. The highest BCUT2D eigenvalue weighted by molar-refractivity contribution is 6.60. The molecule has 1 saturated carbocycles. The van der Waals surface area contributed by atoms with E-state index in [1.165, 1.54) is 25.7 Å². The van der Waals surface area contributed by atoms with Crippen molar-refractivity contribution in [1.82, 2.24) is 0 Å². The van der Waals surface area contributed by atoms with E-state index >= 15 is 0 Å². The molecule has 0 aromatic rings. The minimum atomic E-state index is -2.61. The molecule has 1 heterocycles. The highest BCUT2D eigenvalue weighted by Gasteiger charge is 2.45. The molecule has 0 aromatic carbocycles. The molecule has 0 radical (unpaired) electrons. The molecule has 3 unspecified atom stereocenters. The Morgan fingerprint density at radius 1 is 0.870 bits per heavy atom. The topological polar surface area (TPSA) is 40.2 Å². The zero-order valence-corrected chi connectivity index (χ0v) is 16.8. The van der Waals surface area contributed by atoms with Crippen molar-refractivity contribution in [2.24, 2.45) is 5.92 Å². The van der Waals surface area contributed by atoms with Crippen molar-refractivity contribution >= 4 is 8.80 Å². The van der Waals surface area contributed by atoms with E-state index in [1.807, 2.05) is 0 Å². The predicted octanol–water partition coefficient (Wildman–Crippen LogP) is 4.55. The van der Waals surface area contributed by atoms with Gasteiger partial charge < -0.3 is 18.0 Å². The Balaban J connectivity index is 1.88. The number of ether oxygens (including phenoxy) is 1. The fourth-order valence-electron chi connectivity index (χ4n) is 3.69. The fourth-order valence-corrected chi connectivity index (χ4v) is 7.01. The molecule has 0 bridgehead atoms. The molecule has 0 amide bonds. The van der Waals surface area contributed by atoms with Crippen molar-refractivity contribution in [3.8, 4) is 0 Å². The van der Waals surface area contributed by atoms with Gasteiger partial charge in [0.25, 0.3) is 0 Å². The smallest absolute Gasteiger partial charge is 0.371 e. The lowest BCUT2D eigenvalue weighted by Crippen LogP contribution is -2.50. The van der Waals surface area contributed by atoms with Crippen LogP contribution in [-0.4, -0.2) is 39.3 Å². The molecule has 4 nitrogen and oxygen atoms in total. The van der Waals surface area contributed by atoms with Crippen molar-refractivity contribution in [3.63, 3.8) is 0 Å². The second-order valence-corrected chi connectivity index (χ2v) is 10.5. The Bertz CT molecular complexity index is 332. The van der Waals surface area contributed by atoms with E-state index in [0.717, 1.165) is 18.4 Å². The summed E-state index contributed by atoms with van der Waals surface area (Å²) >= 11 is 0. The number of hydrogen-bond acceptors (Lipinski definition) is 4. The van der Waals surface area contributed by atoms with Crippen molar-refractivity contribution in [1.29, 1.82) is 0 Å². The van der Waals surface area contributed by atoms with Gasteiger partial charge in [-0.3, -0.25) is 0 Å². The lowest BCUT2D eigenvalue weighted by Gasteiger charge is -2.35. The molecule has 2 aliphatic rings. The zero-order chi connectivity index (χ0) is 17.0. The lowest BCUT2D eigenvalue weighted by molar-refractivity contribution is 0.00257. The van der Waals surface area contributed by atoms with E-state index in [0.29, 0.717) is 12.2 Å². The first-order valence-corrected chi connectivity index (χ1v) is 11.4. The first-order valence-electron chi connectivity index (χ1n) is 9.48. The third-order valence-electron chi connectivity index (χ3n) is 4.45. The van der Waals surface area contributed by atoms with Crippen LogP contribution in [0.5, 0.6) is 0 Å². The van der Waals surface area contributed by atoms with E-state index in [4.69, 9.17) is 18.0 Å². The van der Waals surface area contributed by atoms with Crippen LogP contribution in [0, 0.1) is 5.92 Å². The summed E-state index contributed by atoms with van der Waals surface area (Å²) in [6, 6.07) is 0.924. The number of rotatable bonds is 10. The lowest BCUT2D eigenvalue weighted by atomic mass is 9.86. The Labute approximate surface area is 143 Å². The highest BCUT2D eigenvalue weighted by Crippen LogP contribution is 2.41. The molecule has 0 spiro atoms. The van der Waals surface area contributed by atoms with Gasteiger partial charge in [0, 0.05) is 24.4 Å². The maximum absolute atomic E-state index is 6.25. The molecule has 5 heteroatoms. The first-order chi connectivity index (χ1) is 10.8. The molecule has 23 heavy (non-hydrogen) atoms. The van der Waals surface area contributed by atoms with Crippen LogP contribution in [0.3, 0.4) is 0 Å². The largest absolute Gasteiger partial charge is 0.501 e. The van der Waals surface area contributed by atoms with Gasteiger partial charge in [0.15, 0.2) is 0 Å². The van der Waals surface area contributed by atoms with Crippen LogP contribution in [0.4, 0.5) is 0 Å². The van der Waals surface area contributed by atoms with Gasteiger partial charge in [-0.25, -0.2) is 0 Å². The predicted molar refractivity (Wildman–Crippen MR) is 94.5 cm³/mol. The van der Waals surface area contributed by atoms with Crippen LogP contribution in [-0.2, 0) is 18.0 Å². The van der Waals surface area contributed by atoms with Crippen LogP contribution in [0.15, 0.2) is 0 Å². The van der Waals surface area contributed by atoms with Crippen molar-refractivity contribution in [2.75, 3.05) is 0 Å². The summed E-state index contributed by atoms with van der Waals surface area (Å²) in [5.74, 6) is 0.808. The highest BCUT2D eigenvalue weighted by atomic mass is 28.4. The Morgan fingerprint density at radius 2 is 1.43 bits per heavy atom. The Morgan fingerprint density at radius 3 is 1.91 bits per heavy atom. The summed E-state index contributed by atoms with van der Waals surface area (Å²) in [6.45, 7) is 12.4. The second-order valence-electron chi connectivity index (χ2n) is 7.97. The van der Waals surface area contributed by atoms with Crippen molar-refractivity contribution < 1.29 is 18.0 Å². The third-order valence-corrected chi connectivity index (χ3v) is 7.91. The molecule has 0 N–H and O–H groups in total. The van der Waals surface area contributed by atoms with Gasteiger partial charge >= 0.3 is 8.80 Å². The van der Waals surface area contributed by atoms with Crippen LogP contribution >= 0.6 is 0 Å². The molecule has 1 aliphatic carbocycles. The van der Waals surface area contributed by atoms with Crippen molar-refractivity contribution in [3.05, 3.63) is 0 Å². The quantitative estimate of drug-likeness (QED) is 0.431. The molecular weight excluding hydrogens is 308 g/mol. The summed E-state index contributed by atoms with van der Waals surface area (Å²) in [4.78, 5) is 0. The van der Waals surface area contributed by atoms with Gasteiger partial charge in [-0.15, -0.1) is 0 Å². The van der Waals surface area contributed by atoms with E-state index in [9.17, 15) is 0 Å². The number of epoxide rings is 1. The minimum Gasteiger partial charge on any atom is -0.371 e.